The van der Waals surface area contributed by atoms with E-state index in [2.05, 4.69) is 10.2 Å². The number of thioether (sulfide) groups is 1. The van der Waals surface area contributed by atoms with Crippen molar-refractivity contribution in [3.05, 3.63) is 58.5 Å². The first kappa shape index (κ1) is 20.0. The molecule has 2 aromatic rings. The van der Waals surface area contributed by atoms with Gasteiger partial charge in [0.05, 0.1) is 12.9 Å². The van der Waals surface area contributed by atoms with Crippen LogP contribution in [-0.2, 0) is 11.3 Å². The third kappa shape index (κ3) is 4.48. The fraction of sp³-hybridized carbons (Fsp3) is 0.381. The summed E-state index contributed by atoms with van der Waals surface area (Å²) in [6, 6.07) is 12.8. The van der Waals surface area contributed by atoms with Gasteiger partial charge in [0.25, 0.3) is 5.56 Å². The SMILES string of the molecule is COc1cccc(NC(=O)CSC(=S)N2CC3CC(C2)c2cccc(=O)n2C3)c1. The van der Waals surface area contributed by atoms with Crippen LogP contribution in [-0.4, -0.2) is 45.6 Å². The predicted molar refractivity (Wildman–Crippen MR) is 120 cm³/mol. The second-order valence-corrected chi connectivity index (χ2v) is 9.05. The van der Waals surface area contributed by atoms with E-state index in [4.69, 9.17) is 17.0 Å². The van der Waals surface area contributed by atoms with E-state index in [0.717, 1.165) is 36.1 Å². The van der Waals surface area contributed by atoms with E-state index >= 15 is 0 Å². The average molecular weight is 430 g/mol. The van der Waals surface area contributed by atoms with Crippen molar-refractivity contribution in [1.29, 1.82) is 0 Å². The summed E-state index contributed by atoms with van der Waals surface area (Å²) in [6.07, 6.45) is 1.09. The molecule has 1 amide bonds. The zero-order valence-electron chi connectivity index (χ0n) is 16.2. The summed E-state index contributed by atoms with van der Waals surface area (Å²) in [6.45, 7) is 2.37. The quantitative estimate of drug-likeness (QED) is 0.754. The van der Waals surface area contributed by atoms with Crippen molar-refractivity contribution >= 4 is 39.9 Å². The van der Waals surface area contributed by atoms with Crippen molar-refractivity contribution in [2.75, 3.05) is 31.3 Å². The summed E-state index contributed by atoms with van der Waals surface area (Å²) in [4.78, 5) is 26.6. The molecule has 0 aliphatic carbocycles. The number of benzene rings is 1. The molecule has 3 heterocycles. The fourth-order valence-corrected chi connectivity index (χ4v) is 5.15. The normalized spacial score (nSPS) is 20.0. The lowest BCUT2D eigenvalue weighted by molar-refractivity contribution is -0.113. The first-order valence-electron chi connectivity index (χ1n) is 9.59. The van der Waals surface area contributed by atoms with E-state index in [1.165, 1.54) is 11.8 Å². The van der Waals surface area contributed by atoms with Crippen molar-refractivity contribution in [3.8, 4) is 5.75 Å². The highest BCUT2D eigenvalue weighted by molar-refractivity contribution is 8.23. The average Bonchev–Trinajstić information content (AvgIpc) is 2.73. The number of nitrogens with one attached hydrogen (secondary N) is 1. The molecule has 1 N–H and O–H groups in total. The molecule has 2 aliphatic rings. The van der Waals surface area contributed by atoms with Gasteiger partial charge in [-0.3, -0.25) is 9.59 Å². The van der Waals surface area contributed by atoms with Gasteiger partial charge >= 0.3 is 0 Å². The Morgan fingerprint density at radius 2 is 2.07 bits per heavy atom. The van der Waals surface area contributed by atoms with Crippen molar-refractivity contribution in [3.63, 3.8) is 0 Å². The number of nitrogens with zero attached hydrogens (tertiary/aromatic N) is 2. The molecular weight excluding hydrogens is 406 g/mol. The first-order chi connectivity index (χ1) is 14.0. The zero-order chi connectivity index (χ0) is 20.4. The molecule has 0 saturated carbocycles. The number of carbonyl (C=O) groups excluding carboxylic acids is 1. The largest absolute Gasteiger partial charge is 0.497 e. The van der Waals surface area contributed by atoms with Crippen LogP contribution in [0.3, 0.4) is 0 Å². The molecule has 152 valence electrons. The monoisotopic (exact) mass is 429 g/mol. The summed E-state index contributed by atoms with van der Waals surface area (Å²) < 4.78 is 7.83. The Kier molecular flexibility index (Phi) is 5.91. The maximum atomic E-state index is 12.3. The first-order valence-corrected chi connectivity index (χ1v) is 11.0. The number of methoxy groups -OCH3 is 1. The topological polar surface area (TPSA) is 63.6 Å². The maximum absolute atomic E-state index is 12.3. The molecule has 2 unspecified atom stereocenters. The van der Waals surface area contributed by atoms with E-state index in [0.29, 0.717) is 23.3 Å². The molecule has 0 radical (unpaired) electrons. The molecule has 29 heavy (non-hydrogen) atoms. The van der Waals surface area contributed by atoms with Crippen molar-refractivity contribution in [2.24, 2.45) is 5.92 Å². The lowest BCUT2D eigenvalue weighted by Gasteiger charge is -2.43. The molecule has 1 fully saturated rings. The van der Waals surface area contributed by atoms with E-state index in [1.807, 2.05) is 34.9 Å². The molecule has 2 atom stereocenters. The standard InChI is InChI=1S/C21H23N3O3S2/c1-27-17-5-2-4-16(9-17)22-19(25)13-29-21(28)23-10-14-8-15(12-23)18-6-3-7-20(26)24(18)11-14/h2-7,9,14-15H,8,10-13H2,1H3,(H,22,25). The summed E-state index contributed by atoms with van der Waals surface area (Å²) >= 11 is 7.01. The number of anilines is 1. The molecular formula is C21H23N3O3S2. The van der Waals surface area contributed by atoms with E-state index in [9.17, 15) is 9.59 Å². The predicted octanol–water partition coefficient (Wildman–Crippen LogP) is 2.93. The number of piperidine rings is 1. The van der Waals surface area contributed by atoms with Crippen LogP contribution in [0.15, 0.2) is 47.3 Å². The smallest absolute Gasteiger partial charge is 0.250 e. The minimum atomic E-state index is -0.0975. The van der Waals surface area contributed by atoms with E-state index < -0.39 is 0 Å². The number of aromatic nitrogens is 1. The van der Waals surface area contributed by atoms with E-state index in [-0.39, 0.29) is 17.2 Å². The van der Waals surface area contributed by atoms with Gasteiger partial charge in [0.1, 0.15) is 10.1 Å². The van der Waals surface area contributed by atoms with Crippen LogP contribution < -0.4 is 15.6 Å². The number of carbonyl (C=O) groups is 1. The van der Waals surface area contributed by atoms with Crippen LogP contribution in [0.4, 0.5) is 5.69 Å². The van der Waals surface area contributed by atoms with Gasteiger partial charge in [-0.25, -0.2) is 0 Å². The third-order valence-corrected chi connectivity index (χ3v) is 6.94. The molecule has 6 nitrogen and oxygen atoms in total. The van der Waals surface area contributed by atoms with Crippen LogP contribution in [0.2, 0.25) is 0 Å². The summed E-state index contributed by atoms with van der Waals surface area (Å²) in [5.74, 6) is 1.58. The highest BCUT2D eigenvalue weighted by Gasteiger charge is 2.35. The molecule has 2 aliphatic heterocycles. The molecule has 4 rings (SSSR count). The van der Waals surface area contributed by atoms with Crippen molar-refractivity contribution in [1.82, 2.24) is 9.47 Å². The van der Waals surface area contributed by atoms with Gasteiger partial charge in [0.15, 0.2) is 0 Å². The van der Waals surface area contributed by atoms with Crippen LogP contribution in [0.1, 0.15) is 18.0 Å². The van der Waals surface area contributed by atoms with Crippen molar-refractivity contribution < 1.29 is 9.53 Å². The van der Waals surface area contributed by atoms with Crippen LogP contribution in [0.25, 0.3) is 0 Å². The van der Waals surface area contributed by atoms with Crippen LogP contribution in [0, 0.1) is 5.92 Å². The molecule has 0 spiro atoms. The minimum absolute atomic E-state index is 0.0804. The number of thiocarbonyl (C=S) groups is 1. The summed E-state index contributed by atoms with van der Waals surface area (Å²) in [7, 11) is 1.60. The Labute approximate surface area is 179 Å². The number of hydrogen-bond acceptors (Lipinski definition) is 5. The van der Waals surface area contributed by atoms with Crippen LogP contribution >= 0.6 is 24.0 Å². The highest BCUT2D eigenvalue weighted by Crippen LogP contribution is 2.36. The Bertz CT molecular complexity index is 991. The summed E-state index contributed by atoms with van der Waals surface area (Å²) in [5, 5.41) is 2.88. The van der Waals surface area contributed by atoms with Gasteiger partial charge in [-0.1, -0.05) is 36.1 Å². The fourth-order valence-electron chi connectivity index (χ4n) is 4.16. The van der Waals surface area contributed by atoms with Gasteiger partial charge in [-0.05, 0) is 30.5 Å². The lowest BCUT2D eigenvalue weighted by Crippen LogP contribution is -2.48. The van der Waals surface area contributed by atoms with E-state index in [1.54, 1.807) is 19.2 Å². The lowest BCUT2D eigenvalue weighted by atomic mass is 9.83. The van der Waals surface area contributed by atoms with Gasteiger partial charge < -0.3 is 19.5 Å². The molecule has 1 saturated heterocycles. The highest BCUT2D eigenvalue weighted by atomic mass is 32.2. The van der Waals surface area contributed by atoms with Gasteiger partial charge in [0.2, 0.25) is 5.91 Å². The Morgan fingerprint density at radius 3 is 2.90 bits per heavy atom. The molecule has 1 aromatic heterocycles. The number of rotatable bonds is 4. The van der Waals surface area contributed by atoms with Gasteiger partial charge in [0, 0.05) is 49.1 Å². The Hall–Kier alpha value is -2.32. The zero-order valence-corrected chi connectivity index (χ0v) is 17.8. The number of hydrogen-bond donors (Lipinski definition) is 1. The number of fused-ring (bicyclic) bond motifs is 4. The second-order valence-electron chi connectivity index (χ2n) is 7.44. The Balaban J connectivity index is 1.34. The van der Waals surface area contributed by atoms with Gasteiger partial charge in [-0.15, -0.1) is 0 Å². The second kappa shape index (κ2) is 8.59. The number of amides is 1. The summed E-state index contributed by atoms with van der Waals surface area (Å²) in [5.41, 5.74) is 1.88. The third-order valence-electron chi connectivity index (χ3n) is 5.42. The van der Waals surface area contributed by atoms with Crippen molar-refractivity contribution in [2.45, 2.75) is 18.9 Å². The number of pyridine rings is 1. The van der Waals surface area contributed by atoms with Crippen LogP contribution in [0.5, 0.6) is 5.75 Å². The van der Waals surface area contributed by atoms with Gasteiger partial charge in [-0.2, -0.15) is 0 Å². The Morgan fingerprint density at radius 1 is 1.24 bits per heavy atom. The molecule has 8 heteroatoms. The number of ether oxygens (including phenoxy) is 1. The number of likely N-dealkylation sites (tertiary alicyclic amines) is 1. The molecule has 2 bridgehead atoms. The minimum Gasteiger partial charge on any atom is -0.497 e. The maximum Gasteiger partial charge on any atom is 0.250 e. The molecule has 1 aromatic carbocycles.